The zero-order valence-corrected chi connectivity index (χ0v) is 9.09. The first-order valence-corrected chi connectivity index (χ1v) is 5.27. The molecule has 1 aliphatic rings. The number of rotatable bonds is 1. The summed E-state index contributed by atoms with van der Waals surface area (Å²) in [6.45, 7) is 0. The minimum Gasteiger partial charge on any atom is -0.105 e. The molecule has 72 valence electrons. The second kappa shape index (κ2) is 3.80. The minimum absolute atomic E-state index is 0.559. The van der Waals surface area contributed by atoms with Crippen LogP contribution in [0.15, 0.2) is 48.6 Å². The van der Waals surface area contributed by atoms with Crippen LogP contribution in [0, 0.1) is 0 Å². The Morgan fingerprint density at radius 2 is 1.71 bits per heavy atom. The minimum atomic E-state index is -0.559. The fraction of sp³-hybridized carbons (Fsp3) is 0.167. The molecule has 0 N–H and O–H groups in total. The first-order chi connectivity index (χ1) is 6.72. The van der Waals surface area contributed by atoms with Crippen LogP contribution in [0.25, 0.3) is 0 Å². The monoisotopic (exact) mass is 224 g/mol. The summed E-state index contributed by atoms with van der Waals surface area (Å²) in [5, 5.41) is 0.707. The molecule has 0 bridgehead atoms. The Bertz CT molecular complexity index is 379. The van der Waals surface area contributed by atoms with Crippen LogP contribution in [0.4, 0.5) is 0 Å². The predicted molar refractivity (Wildman–Crippen MR) is 61.9 cm³/mol. The molecule has 0 saturated heterocycles. The van der Waals surface area contributed by atoms with Crippen molar-refractivity contribution in [2.75, 3.05) is 0 Å². The lowest BCUT2D eigenvalue weighted by molar-refractivity contribution is 0.940. The lowest BCUT2D eigenvalue weighted by atomic mass is 9.94. The Balaban J connectivity index is 2.48. The molecule has 2 heteroatoms. The van der Waals surface area contributed by atoms with Crippen LogP contribution in [-0.2, 0) is 4.87 Å². The highest BCUT2D eigenvalue weighted by molar-refractivity contribution is 6.34. The van der Waals surface area contributed by atoms with E-state index in [0.717, 1.165) is 12.0 Å². The molecule has 0 unspecified atom stereocenters. The van der Waals surface area contributed by atoms with Gasteiger partial charge in [0.15, 0.2) is 0 Å². The van der Waals surface area contributed by atoms with Gasteiger partial charge in [-0.15, -0.1) is 11.6 Å². The molecule has 0 aromatic heterocycles. The standard InChI is InChI=1S/C12H10Cl2/c13-11-7-3-2-6-10(11)12(14)8-4-1-5-9-12/h2-9H,1H2. The average molecular weight is 225 g/mol. The topological polar surface area (TPSA) is 0 Å². The highest BCUT2D eigenvalue weighted by atomic mass is 35.5. The van der Waals surface area contributed by atoms with Crippen molar-refractivity contribution in [2.45, 2.75) is 11.3 Å². The summed E-state index contributed by atoms with van der Waals surface area (Å²) < 4.78 is 0. The molecule has 0 radical (unpaired) electrons. The van der Waals surface area contributed by atoms with Crippen molar-refractivity contribution >= 4 is 23.2 Å². The van der Waals surface area contributed by atoms with Gasteiger partial charge in [0.1, 0.15) is 4.87 Å². The lowest BCUT2D eigenvalue weighted by Crippen LogP contribution is -2.14. The van der Waals surface area contributed by atoms with Gasteiger partial charge in [-0.1, -0.05) is 54.1 Å². The summed E-state index contributed by atoms with van der Waals surface area (Å²) >= 11 is 12.5. The molecule has 14 heavy (non-hydrogen) atoms. The van der Waals surface area contributed by atoms with Gasteiger partial charge in [-0.2, -0.15) is 0 Å². The van der Waals surface area contributed by atoms with Gasteiger partial charge < -0.3 is 0 Å². The Labute approximate surface area is 93.8 Å². The van der Waals surface area contributed by atoms with E-state index in [2.05, 4.69) is 12.2 Å². The van der Waals surface area contributed by atoms with Gasteiger partial charge in [-0.05, 0) is 18.1 Å². The second-order valence-electron chi connectivity index (χ2n) is 3.29. The largest absolute Gasteiger partial charge is 0.107 e. The van der Waals surface area contributed by atoms with Gasteiger partial charge in [0, 0.05) is 5.02 Å². The van der Waals surface area contributed by atoms with E-state index in [1.54, 1.807) is 0 Å². The summed E-state index contributed by atoms with van der Waals surface area (Å²) in [6, 6.07) is 7.66. The van der Waals surface area contributed by atoms with Crippen molar-refractivity contribution in [2.24, 2.45) is 0 Å². The molecule has 0 atom stereocenters. The Kier molecular flexibility index (Phi) is 2.66. The van der Waals surface area contributed by atoms with Crippen molar-refractivity contribution in [1.82, 2.24) is 0 Å². The molecule has 0 amide bonds. The molecular formula is C12H10Cl2. The maximum Gasteiger partial charge on any atom is 0.107 e. The number of hydrogen-bond acceptors (Lipinski definition) is 0. The molecule has 1 aromatic carbocycles. The maximum atomic E-state index is 6.45. The third-order valence-electron chi connectivity index (χ3n) is 2.28. The fourth-order valence-electron chi connectivity index (χ4n) is 1.56. The van der Waals surface area contributed by atoms with Crippen molar-refractivity contribution in [3.8, 4) is 0 Å². The van der Waals surface area contributed by atoms with E-state index in [9.17, 15) is 0 Å². The Hall–Kier alpha value is -0.720. The van der Waals surface area contributed by atoms with Crippen LogP contribution < -0.4 is 0 Å². The van der Waals surface area contributed by atoms with Gasteiger partial charge in [-0.3, -0.25) is 0 Å². The molecule has 0 nitrogen and oxygen atoms in total. The highest BCUT2D eigenvalue weighted by Crippen LogP contribution is 2.38. The normalized spacial score (nSPS) is 18.4. The summed E-state index contributed by atoms with van der Waals surface area (Å²) in [5.41, 5.74) is 0.940. The smallest absolute Gasteiger partial charge is 0.105 e. The van der Waals surface area contributed by atoms with Crippen molar-refractivity contribution in [3.63, 3.8) is 0 Å². The van der Waals surface area contributed by atoms with Crippen LogP contribution in [0.2, 0.25) is 5.02 Å². The highest BCUT2D eigenvalue weighted by Gasteiger charge is 2.26. The molecule has 0 spiro atoms. The van der Waals surface area contributed by atoms with Crippen molar-refractivity contribution in [3.05, 3.63) is 59.2 Å². The number of hydrogen-bond donors (Lipinski definition) is 0. The van der Waals surface area contributed by atoms with Gasteiger partial charge >= 0.3 is 0 Å². The summed E-state index contributed by atoms with van der Waals surface area (Å²) in [5.74, 6) is 0. The zero-order chi connectivity index (χ0) is 10.0. The zero-order valence-electron chi connectivity index (χ0n) is 7.58. The summed E-state index contributed by atoms with van der Waals surface area (Å²) in [7, 11) is 0. The van der Waals surface area contributed by atoms with Gasteiger partial charge in [0.2, 0.25) is 0 Å². The number of alkyl halides is 1. The second-order valence-corrected chi connectivity index (χ2v) is 4.32. The fourth-order valence-corrected chi connectivity index (χ4v) is 2.25. The van der Waals surface area contributed by atoms with Crippen LogP contribution in [-0.4, -0.2) is 0 Å². The number of allylic oxidation sites excluding steroid dienone is 4. The first kappa shape index (κ1) is 9.82. The molecule has 0 saturated carbocycles. The van der Waals surface area contributed by atoms with Crippen molar-refractivity contribution < 1.29 is 0 Å². The third kappa shape index (κ3) is 1.73. The van der Waals surface area contributed by atoms with E-state index >= 15 is 0 Å². The summed E-state index contributed by atoms with van der Waals surface area (Å²) in [4.78, 5) is -0.559. The summed E-state index contributed by atoms with van der Waals surface area (Å²) in [6.07, 6.45) is 9.01. The van der Waals surface area contributed by atoms with Gasteiger partial charge in [-0.25, -0.2) is 0 Å². The van der Waals surface area contributed by atoms with Crippen LogP contribution in [0.1, 0.15) is 12.0 Å². The van der Waals surface area contributed by atoms with E-state index < -0.39 is 4.87 Å². The van der Waals surface area contributed by atoms with Crippen molar-refractivity contribution in [1.29, 1.82) is 0 Å². The SMILES string of the molecule is Clc1ccccc1C1(Cl)C=CCC=C1. The molecule has 1 aliphatic carbocycles. The number of halogens is 2. The quantitative estimate of drug-likeness (QED) is 0.494. The molecule has 2 rings (SSSR count). The molecule has 0 aliphatic heterocycles. The Morgan fingerprint density at radius 1 is 1.07 bits per heavy atom. The predicted octanol–water partition coefficient (Wildman–Crippen LogP) is 4.29. The first-order valence-electron chi connectivity index (χ1n) is 4.52. The van der Waals surface area contributed by atoms with E-state index in [1.165, 1.54) is 0 Å². The third-order valence-corrected chi connectivity index (χ3v) is 3.06. The average Bonchev–Trinajstić information content (AvgIpc) is 2.19. The number of benzene rings is 1. The van der Waals surface area contributed by atoms with Gasteiger partial charge in [0.25, 0.3) is 0 Å². The van der Waals surface area contributed by atoms with E-state index in [0.29, 0.717) is 5.02 Å². The maximum absolute atomic E-state index is 6.45. The van der Waals surface area contributed by atoms with Crippen LogP contribution in [0.5, 0.6) is 0 Å². The van der Waals surface area contributed by atoms with E-state index in [1.807, 2.05) is 36.4 Å². The molecular weight excluding hydrogens is 215 g/mol. The van der Waals surface area contributed by atoms with E-state index in [4.69, 9.17) is 23.2 Å². The molecule has 0 heterocycles. The lowest BCUT2D eigenvalue weighted by Gasteiger charge is -2.23. The van der Waals surface area contributed by atoms with Gasteiger partial charge in [0.05, 0.1) is 0 Å². The molecule has 0 fully saturated rings. The van der Waals surface area contributed by atoms with Crippen LogP contribution >= 0.6 is 23.2 Å². The van der Waals surface area contributed by atoms with E-state index in [-0.39, 0.29) is 0 Å². The molecule has 1 aromatic rings. The van der Waals surface area contributed by atoms with Crippen LogP contribution in [0.3, 0.4) is 0 Å². The Morgan fingerprint density at radius 3 is 2.36 bits per heavy atom.